The van der Waals surface area contributed by atoms with Crippen molar-refractivity contribution >= 4 is 17.7 Å². The van der Waals surface area contributed by atoms with Gasteiger partial charge >= 0.3 is 0 Å². The molecule has 0 unspecified atom stereocenters. The molecule has 0 saturated carbocycles. The van der Waals surface area contributed by atoms with Crippen LogP contribution >= 0.6 is 11.8 Å². The highest BCUT2D eigenvalue weighted by molar-refractivity contribution is 8.00. The molecule has 0 saturated heterocycles. The Labute approximate surface area is 150 Å². The third-order valence-electron chi connectivity index (χ3n) is 3.94. The maximum absolute atomic E-state index is 13.0. The molecule has 1 heterocycles. The second kappa shape index (κ2) is 8.08. The molecule has 1 aromatic heterocycles. The number of nitriles is 1. The molecule has 0 fully saturated rings. The summed E-state index contributed by atoms with van der Waals surface area (Å²) in [6.45, 7) is 5.39. The van der Waals surface area contributed by atoms with Crippen LogP contribution in [0.4, 0.5) is 4.39 Å². The third-order valence-corrected chi connectivity index (χ3v) is 4.90. The highest BCUT2D eigenvalue weighted by atomic mass is 32.2. The molecular formula is C18H19FN4OS. The zero-order valence-corrected chi connectivity index (χ0v) is 15.4. The summed E-state index contributed by atoms with van der Waals surface area (Å²) in [6.07, 6.45) is 0. The van der Waals surface area contributed by atoms with Crippen molar-refractivity contribution in [1.29, 1.82) is 5.26 Å². The fourth-order valence-corrected chi connectivity index (χ4v) is 3.33. The number of aromatic nitrogens is 2. The van der Waals surface area contributed by atoms with Gasteiger partial charge in [-0.1, -0.05) is 23.9 Å². The van der Waals surface area contributed by atoms with Gasteiger partial charge in [0.2, 0.25) is 5.91 Å². The molecule has 0 aliphatic rings. The molecule has 5 nitrogen and oxygen atoms in total. The van der Waals surface area contributed by atoms with Crippen molar-refractivity contribution in [2.24, 2.45) is 0 Å². The van der Waals surface area contributed by atoms with Gasteiger partial charge in [0.25, 0.3) is 0 Å². The Morgan fingerprint density at radius 1 is 1.32 bits per heavy atom. The number of benzene rings is 1. The quantitative estimate of drug-likeness (QED) is 0.605. The Hall–Kier alpha value is -2.46. The standard InChI is InChI=1S/C18H19FN4OS/c1-11-16(9-20)18(22-13(3)21-11)25-10-17(24)23(4)12(2)14-5-7-15(19)8-6-14/h5-8,12H,10H2,1-4H3/t12-/m0/s1. The van der Waals surface area contributed by atoms with Gasteiger partial charge in [-0.2, -0.15) is 5.26 Å². The fourth-order valence-electron chi connectivity index (χ4n) is 2.33. The van der Waals surface area contributed by atoms with Crippen LogP contribution in [-0.4, -0.2) is 33.6 Å². The minimum Gasteiger partial charge on any atom is -0.338 e. The van der Waals surface area contributed by atoms with Crippen LogP contribution in [0.15, 0.2) is 29.3 Å². The van der Waals surface area contributed by atoms with Crippen LogP contribution in [0.25, 0.3) is 0 Å². The number of rotatable bonds is 5. The lowest BCUT2D eigenvalue weighted by Crippen LogP contribution is -2.31. The van der Waals surface area contributed by atoms with Crippen LogP contribution in [-0.2, 0) is 4.79 Å². The first-order valence-corrected chi connectivity index (χ1v) is 8.71. The fraction of sp³-hybridized carbons (Fsp3) is 0.333. The van der Waals surface area contributed by atoms with Gasteiger partial charge in [0, 0.05) is 7.05 Å². The topological polar surface area (TPSA) is 69.9 Å². The Balaban J connectivity index is 2.07. The number of thioether (sulfide) groups is 1. The molecule has 1 amide bonds. The van der Waals surface area contributed by atoms with Crippen molar-refractivity contribution < 1.29 is 9.18 Å². The summed E-state index contributed by atoms with van der Waals surface area (Å²) in [6, 6.07) is 8.01. The first kappa shape index (κ1) is 18.9. The summed E-state index contributed by atoms with van der Waals surface area (Å²) in [4.78, 5) is 22.5. The minimum absolute atomic E-state index is 0.0976. The second-order valence-corrected chi connectivity index (χ2v) is 6.63. The maximum atomic E-state index is 13.0. The van der Waals surface area contributed by atoms with Crippen LogP contribution < -0.4 is 0 Å². The summed E-state index contributed by atoms with van der Waals surface area (Å²) < 4.78 is 13.0. The normalized spacial score (nSPS) is 11.7. The molecule has 0 spiro atoms. The van der Waals surface area contributed by atoms with Crippen molar-refractivity contribution in [1.82, 2.24) is 14.9 Å². The summed E-state index contributed by atoms with van der Waals surface area (Å²) in [7, 11) is 1.71. The van der Waals surface area contributed by atoms with E-state index in [0.717, 1.165) is 5.56 Å². The van der Waals surface area contributed by atoms with Crippen molar-refractivity contribution in [3.63, 3.8) is 0 Å². The van der Waals surface area contributed by atoms with Crippen molar-refractivity contribution in [2.45, 2.75) is 31.8 Å². The molecule has 0 aliphatic heterocycles. The van der Waals surface area contributed by atoms with E-state index >= 15 is 0 Å². The summed E-state index contributed by atoms with van der Waals surface area (Å²) in [5.41, 5.74) is 1.87. The molecule has 1 aromatic carbocycles. The lowest BCUT2D eigenvalue weighted by molar-refractivity contribution is -0.128. The molecule has 0 N–H and O–H groups in total. The number of amides is 1. The van der Waals surface area contributed by atoms with Gasteiger partial charge in [0.05, 0.1) is 17.5 Å². The van der Waals surface area contributed by atoms with E-state index in [9.17, 15) is 14.4 Å². The lowest BCUT2D eigenvalue weighted by Gasteiger charge is -2.25. The Morgan fingerprint density at radius 3 is 2.56 bits per heavy atom. The molecule has 2 rings (SSSR count). The first-order chi connectivity index (χ1) is 11.8. The van der Waals surface area contributed by atoms with E-state index in [2.05, 4.69) is 16.0 Å². The van der Waals surface area contributed by atoms with Gasteiger partial charge < -0.3 is 4.90 Å². The number of hydrogen-bond acceptors (Lipinski definition) is 5. The second-order valence-electron chi connectivity index (χ2n) is 5.67. The van der Waals surface area contributed by atoms with Crippen molar-refractivity contribution in [3.05, 3.63) is 52.7 Å². The lowest BCUT2D eigenvalue weighted by atomic mass is 10.1. The molecule has 25 heavy (non-hydrogen) atoms. The van der Waals surface area contributed by atoms with Crippen LogP contribution in [0.1, 0.15) is 35.6 Å². The number of carbonyl (C=O) groups is 1. The highest BCUT2D eigenvalue weighted by Crippen LogP contribution is 2.24. The smallest absolute Gasteiger partial charge is 0.233 e. The Kier molecular flexibility index (Phi) is 6.10. The molecular weight excluding hydrogens is 339 g/mol. The number of aryl methyl sites for hydroxylation is 2. The van der Waals surface area contributed by atoms with Crippen molar-refractivity contribution in [2.75, 3.05) is 12.8 Å². The van der Waals surface area contributed by atoms with E-state index in [-0.39, 0.29) is 23.5 Å². The Bertz CT molecular complexity index is 817. The molecule has 0 bridgehead atoms. The van der Waals surface area contributed by atoms with Gasteiger partial charge in [-0.3, -0.25) is 4.79 Å². The highest BCUT2D eigenvalue weighted by Gasteiger charge is 2.19. The minimum atomic E-state index is -0.306. The number of nitrogens with zero attached hydrogens (tertiary/aromatic N) is 4. The Morgan fingerprint density at radius 2 is 1.96 bits per heavy atom. The summed E-state index contributed by atoms with van der Waals surface area (Å²) >= 11 is 1.23. The van der Waals surface area contributed by atoms with Crippen LogP contribution in [0.5, 0.6) is 0 Å². The monoisotopic (exact) mass is 358 g/mol. The summed E-state index contributed by atoms with van der Waals surface area (Å²) in [5, 5.41) is 9.77. The summed E-state index contributed by atoms with van der Waals surface area (Å²) in [5.74, 6) is 0.324. The van der Waals surface area contributed by atoms with E-state index in [1.807, 2.05) is 6.92 Å². The SMILES string of the molecule is Cc1nc(C)c(C#N)c(SCC(=O)N(C)[C@@H](C)c2ccc(F)cc2)n1. The molecule has 1 atom stereocenters. The van der Waals surface area contributed by atoms with E-state index < -0.39 is 0 Å². The maximum Gasteiger partial charge on any atom is 0.233 e. The van der Waals surface area contributed by atoms with Gasteiger partial charge in [-0.15, -0.1) is 0 Å². The van der Waals surface area contributed by atoms with E-state index in [1.165, 1.54) is 23.9 Å². The number of carbonyl (C=O) groups excluding carboxylic acids is 1. The van der Waals surface area contributed by atoms with Crippen LogP contribution in [0.2, 0.25) is 0 Å². The van der Waals surface area contributed by atoms with Crippen LogP contribution in [0.3, 0.4) is 0 Å². The number of halogens is 1. The zero-order valence-electron chi connectivity index (χ0n) is 14.6. The zero-order chi connectivity index (χ0) is 18.6. The van der Waals surface area contributed by atoms with Gasteiger partial charge in [0.15, 0.2) is 0 Å². The molecule has 130 valence electrons. The number of hydrogen-bond donors (Lipinski definition) is 0. The predicted molar refractivity (Wildman–Crippen MR) is 94.5 cm³/mol. The van der Waals surface area contributed by atoms with Gasteiger partial charge in [-0.05, 0) is 38.5 Å². The predicted octanol–water partition coefficient (Wildman–Crippen LogP) is 3.42. The van der Waals surface area contributed by atoms with E-state index in [0.29, 0.717) is 22.1 Å². The van der Waals surface area contributed by atoms with Crippen molar-refractivity contribution in [3.8, 4) is 6.07 Å². The van der Waals surface area contributed by atoms with Gasteiger partial charge in [0.1, 0.15) is 28.3 Å². The largest absolute Gasteiger partial charge is 0.338 e. The average Bonchev–Trinajstić information content (AvgIpc) is 2.58. The molecule has 2 aromatic rings. The third kappa shape index (κ3) is 4.54. The van der Waals surface area contributed by atoms with Gasteiger partial charge in [-0.25, -0.2) is 14.4 Å². The van der Waals surface area contributed by atoms with E-state index in [1.54, 1.807) is 37.9 Å². The average molecular weight is 358 g/mol. The van der Waals surface area contributed by atoms with Crippen LogP contribution in [0, 0.1) is 31.0 Å². The molecule has 7 heteroatoms. The first-order valence-electron chi connectivity index (χ1n) is 7.72. The molecule has 0 aliphatic carbocycles. The molecule has 0 radical (unpaired) electrons. The van der Waals surface area contributed by atoms with E-state index in [4.69, 9.17) is 0 Å².